The Morgan fingerprint density at radius 3 is 2.62 bits per heavy atom. The fourth-order valence-corrected chi connectivity index (χ4v) is 3.14. The molecule has 0 aliphatic carbocycles. The molecule has 1 aliphatic rings. The Balaban J connectivity index is 2.68. The van der Waals surface area contributed by atoms with Gasteiger partial charge in [-0.25, -0.2) is 0 Å². The molecule has 0 fully saturated rings. The number of aliphatic hydroxyl groups excluding tert-OH is 1. The molecular formula is C16H25N3O2. The molecule has 0 saturated carbocycles. The van der Waals surface area contributed by atoms with E-state index < -0.39 is 0 Å². The van der Waals surface area contributed by atoms with Crippen LogP contribution in [-0.4, -0.2) is 42.6 Å². The number of benzene rings is 1. The van der Waals surface area contributed by atoms with Crippen LogP contribution in [0, 0.1) is 0 Å². The summed E-state index contributed by atoms with van der Waals surface area (Å²) in [5.41, 5.74) is 9.74. The summed E-state index contributed by atoms with van der Waals surface area (Å²) in [6.45, 7) is 4.60. The third kappa shape index (κ3) is 2.70. The van der Waals surface area contributed by atoms with E-state index in [0.29, 0.717) is 16.8 Å². The number of nitrogens with zero attached hydrogens (tertiary/aromatic N) is 2. The number of carbonyl (C=O) groups excluding carboxylic acids is 1. The van der Waals surface area contributed by atoms with Crippen LogP contribution >= 0.6 is 0 Å². The SMILES string of the molecule is CC(C)N1CCCc2cc(N)c(N(C)C)c(CO)c2C1=O. The Hall–Kier alpha value is -1.75. The minimum Gasteiger partial charge on any atom is -0.397 e. The van der Waals surface area contributed by atoms with E-state index in [2.05, 4.69) is 0 Å². The molecule has 1 heterocycles. The monoisotopic (exact) mass is 291 g/mol. The Bertz CT molecular complexity index is 553. The molecule has 3 N–H and O–H groups in total. The second kappa shape index (κ2) is 5.93. The molecule has 0 bridgehead atoms. The first kappa shape index (κ1) is 15.6. The first-order chi connectivity index (χ1) is 9.88. The number of hydrogen-bond acceptors (Lipinski definition) is 4. The average molecular weight is 291 g/mol. The lowest BCUT2D eigenvalue weighted by atomic mass is 9.95. The summed E-state index contributed by atoms with van der Waals surface area (Å²) in [5, 5.41) is 9.83. The smallest absolute Gasteiger partial charge is 0.254 e. The molecule has 21 heavy (non-hydrogen) atoms. The number of amides is 1. The van der Waals surface area contributed by atoms with Crippen molar-refractivity contribution < 1.29 is 9.90 Å². The zero-order valence-electron chi connectivity index (χ0n) is 13.3. The Morgan fingerprint density at radius 2 is 2.10 bits per heavy atom. The lowest BCUT2D eigenvalue weighted by Crippen LogP contribution is -2.37. The van der Waals surface area contributed by atoms with Crippen LogP contribution in [-0.2, 0) is 13.0 Å². The number of anilines is 2. The van der Waals surface area contributed by atoms with Gasteiger partial charge >= 0.3 is 0 Å². The van der Waals surface area contributed by atoms with Crippen LogP contribution in [0.1, 0.15) is 41.8 Å². The van der Waals surface area contributed by atoms with Crippen molar-refractivity contribution in [3.8, 4) is 0 Å². The molecule has 116 valence electrons. The standard InChI is InChI=1S/C16H25N3O2/c1-10(2)19-7-5-6-11-8-13(17)15(18(3)4)12(9-20)14(11)16(19)21/h8,10,20H,5-7,9,17H2,1-4H3. The summed E-state index contributed by atoms with van der Waals surface area (Å²) < 4.78 is 0. The van der Waals surface area contributed by atoms with Crippen molar-refractivity contribution in [2.24, 2.45) is 0 Å². The van der Waals surface area contributed by atoms with Gasteiger partial charge in [0, 0.05) is 32.2 Å². The number of rotatable bonds is 3. The van der Waals surface area contributed by atoms with Crippen molar-refractivity contribution in [2.75, 3.05) is 31.3 Å². The first-order valence-electron chi connectivity index (χ1n) is 7.41. The zero-order valence-corrected chi connectivity index (χ0v) is 13.3. The molecule has 5 heteroatoms. The third-order valence-corrected chi connectivity index (χ3v) is 4.06. The lowest BCUT2D eigenvalue weighted by molar-refractivity contribution is 0.0709. The van der Waals surface area contributed by atoms with E-state index in [1.807, 2.05) is 43.8 Å². The molecule has 5 nitrogen and oxygen atoms in total. The zero-order chi connectivity index (χ0) is 15.7. The normalized spacial score (nSPS) is 15.1. The Labute approximate surface area is 126 Å². The van der Waals surface area contributed by atoms with E-state index in [1.165, 1.54) is 0 Å². The second-order valence-corrected chi connectivity index (χ2v) is 6.08. The van der Waals surface area contributed by atoms with Gasteiger partial charge in [-0.15, -0.1) is 0 Å². The summed E-state index contributed by atoms with van der Waals surface area (Å²) in [4.78, 5) is 16.6. The number of nitrogens with two attached hydrogens (primary N) is 1. The van der Waals surface area contributed by atoms with Gasteiger partial charge in [-0.2, -0.15) is 0 Å². The van der Waals surface area contributed by atoms with E-state index in [0.717, 1.165) is 30.6 Å². The molecule has 1 amide bonds. The fourth-order valence-electron chi connectivity index (χ4n) is 3.14. The highest BCUT2D eigenvalue weighted by Crippen LogP contribution is 2.35. The number of nitrogen functional groups attached to an aromatic ring is 1. The van der Waals surface area contributed by atoms with Gasteiger partial charge in [0.05, 0.1) is 23.5 Å². The maximum Gasteiger partial charge on any atom is 0.254 e. The highest BCUT2D eigenvalue weighted by molar-refractivity contribution is 6.00. The first-order valence-corrected chi connectivity index (χ1v) is 7.41. The summed E-state index contributed by atoms with van der Waals surface area (Å²) in [6, 6.07) is 2.04. The molecule has 0 atom stereocenters. The third-order valence-electron chi connectivity index (χ3n) is 4.06. The van der Waals surface area contributed by atoms with E-state index in [9.17, 15) is 9.90 Å². The topological polar surface area (TPSA) is 69.8 Å². The molecule has 0 spiro atoms. The van der Waals surface area contributed by atoms with Crippen LogP contribution in [0.15, 0.2) is 6.07 Å². The van der Waals surface area contributed by atoms with Gasteiger partial charge < -0.3 is 20.6 Å². The van der Waals surface area contributed by atoms with Gasteiger partial charge in [-0.05, 0) is 38.3 Å². The summed E-state index contributed by atoms with van der Waals surface area (Å²) in [7, 11) is 3.75. The van der Waals surface area contributed by atoms with Gasteiger partial charge in [-0.3, -0.25) is 4.79 Å². The van der Waals surface area contributed by atoms with Gasteiger partial charge in [0.2, 0.25) is 0 Å². The van der Waals surface area contributed by atoms with E-state index in [4.69, 9.17) is 5.73 Å². The van der Waals surface area contributed by atoms with E-state index in [-0.39, 0.29) is 18.6 Å². The van der Waals surface area contributed by atoms with Crippen LogP contribution in [0.4, 0.5) is 11.4 Å². The predicted molar refractivity (Wildman–Crippen MR) is 85.6 cm³/mol. The largest absolute Gasteiger partial charge is 0.397 e. The molecule has 1 aromatic carbocycles. The van der Waals surface area contributed by atoms with E-state index >= 15 is 0 Å². The maximum atomic E-state index is 12.9. The highest BCUT2D eigenvalue weighted by Gasteiger charge is 2.29. The Kier molecular flexibility index (Phi) is 4.42. The molecule has 0 unspecified atom stereocenters. The summed E-state index contributed by atoms with van der Waals surface area (Å²) in [6.07, 6.45) is 1.73. The van der Waals surface area contributed by atoms with Crippen molar-refractivity contribution in [2.45, 2.75) is 39.3 Å². The van der Waals surface area contributed by atoms with Crippen LogP contribution in [0.5, 0.6) is 0 Å². The van der Waals surface area contributed by atoms with Crippen molar-refractivity contribution in [3.63, 3.8) is 0 Å². The number of fused-ring (bicyclic) bond motifs is 1. The van der Waals surface area contributed by atoms with Crippen LogP contribution in [0.25, 0.3) is 0 Å². The van der Waals surface area contributed by atoms with Gasteiger partial charge in [0.1, 0.15) is 0 Å². The fraction of sp³-hybridized carbons (Fsp3) is 0.562. The summed E-state index contributed by atoms with van der Waals surface area (Å²) >= 11 is 0. The Morgan fingerprint density at radius 1 is 1.43 bits per heavy atom. The number of hydrogen-bond donors (Lipinski definition) is 2. The average Bonchev–Trinajstić information content (AvgIpc) is 2.56. The van der Waals surface area contributed by atoms with Gasteiger partial charge in [0.15, 0.2) is 0 Å². The number of aliphatic hydroxyl groups is 1. The molecule has 1 aliphatic heterocycles. The lowest BCUT2D eigenvalue weighted by Gasteiger charge is -2.28. The van der Waals surface area contributed by atoms with Gasteiger partial charge in [-0.1, -0.05) is 0 Å². The summed E-state index contributed by atoms with van der Waals surface area (Å²) in [5.74, 6) is 0.00431. The molecule has 2 rings (SSSR count). The van der Waals surface area contributed by atoms with E-state index in [1.54, 1.807) is 0 Å². The second-order valence-electron chi connectivity index (χ2n) is 6.08. The molecular weight excluding hydrogens is 266 g/mol. The van der Waals surface area contributed by atoms with Crippen LogP contribution < -0.4 is 10.6 Å². The van der Waals surface area contributed by atoms with Crippen molar-refractivity contribution in [3.05, 3.63) is 22.8 Å². The molecule has 0 radical (unpaired) electrons. The minimum absolute atomic E-state index is 0.00431. The van der Waals surface area contributed by atoms with Crippen molar-refractivity contribution in [1.82, 2.24) is 4.90 Å². The maximum absolute atomic E-state index is 12.9. The minimum atomic E-state index is -0.182. The molecule has 0 aromatic heterocycles. The predicted octanol–water partition coefficient (Wildman–Crippen LogP) is 1.62. The highest BCUT2D eigenvalue weighted by atomic mass is 16.3. The van der Waals surface area contributed by atoms with Crippen molar-refractivity contribution in [1.29, 1.82) is 0 Å². The molecule has 0 saturated heterocycles. The van der Waals surface area contributed by atoms with Crippen LogP contribution in [0.3, 0.4) is 0 Å². The molecule has 1 aromatic rings. The number of aryl methyl sites for hydroxylation is 1. The van der Waals surface area contributed by atoms with Crippen molar-refractivity contribution >= 4 is 17.3 Å². The van der Waals surface area contributed by atoms with Gasteiger partial charge in [0.25, 0.3) is 5.91 Å². The number of carbonyl (C=O) groups is 1. The van der Waals surface area contributed by atoms with Crippen LogP contribution in [0.2, 0.25) is 0 Å². The quantitative estimate of drug-likeness (QED) is 0.830.